The first-order valence-corrected chi connectivity index (χ1v) is 11.1. The van der Waals surface area contributed by atoms with E-state index in [2.05, 4.69) is 37.3 Å². The highest BCUT2D eigenvalue weighted by molar-refractivity contribution is 5.91. The van der Waals surface area contributed by atoms with Crippen molar-refractivity contribution in [1.82, 2.24) is 0 Å². The van der Waals surface area contributed by atoms with Crippen LogP contribution in [-0.2, 0) is 4.79 Å². The third kappa shape index (κ3) is 2.77. The van der Waals surface area contributed by atoms with E-state index >= 15 is 0 Å². The standard InChI is InChI=1S/C26H32O3/c1-25-15-22(16-4-8-19(29-3)9-5-16)24-20-11-7-18(27)14-17(20)6-10-21(24)23(25)12-13-26(25,2)28/h4-5,8-9,12,14,20-22,24,28H,6-7,10-11,13,15H2,1-3H3/t20-,21-,22+,24+,25-,26-/m0/s1. The van der Waals surface area contributed by atoms with Crippen LogP contribution in [0.25, 0.3) is 0 Å². The van der Waals surface area contributed by atoms with Crippen molar-refractivity contribution in [2.24, 2.45) is 23.2 Å². The number of hydrogen-bond acceptors (Lipinski definition) is 3. The average Bonchev–Trinajstić information content (AvgIpc) is 2.96. The summed E-state index contributed by atoms with van der Waals surface area (Å²) in [5, 5.41) is 11.3. The molecule has 29 heavy (non-hydrogen) atoms. The molecule has 1 N–H and O–H groups in total. The Kier molecular flexibility index (Phi) is 4.33. The van der Waals surface area contributed by atoms with Crippen LogP contribution in [0, 0.1) is 23.2 Å². The Morgan fingerprint density at radius 1 is 1.03 bits per heavy atom. The molecule has 4 aliphatic carbocycles. The van der Waals surface area contributed by atoms with Gasteiger partial charge >= 0.3 is 0 Å². The second-order valence-corrected chi connectivity index (χ2v) is 10.1. The summed E-state index contributed by atoms with van der Waals surface area (Å²) in [6.45, 7) is 4.31. The molecule has 6 atom stereocenters. The van der Waals surface area contributed by atoms with Gasteiger partial charge in [0, 0.05) is 11.8 Å². The van der Waals surface area contributed by atoms with E-state index in [1.165, 1.54) is 16.7 Å². The van der Waals surface area contributed by atoms with E-state index in [1.54, 1.807) is 7.11 Å². The molecule has 2 saturated carbocycles. The Balaban J connectivity index is 1.61. The molecule has 0 aliphatic heterocycles. The van der Waals surface area contributed by atoms with Crippen LogP contribution in [0.2, 0.25) is 0 Å². The van der Waals surface area contributed by atoms with E-state index in [0.717, 1.165) is 37.9 Å². The molecular weight excluding hydrogens is 360 g/mol. The van der Waals surface area contributed by atoms with Crippen molar-refractivity contribution in [3.63, 3.8) is 0 Å². The van der Waals surface area contributed by atoms with Crippen molar-refractivity contribution in [3.05, 3.63) is 53.1 Å². The number of fused-ring (bicyclic) bond motifs is 5. The first-order chi connectivity index (χ1) is 13.8. The molecule has 0 bridgehead atoms. The quantitative estimate of drug-likeness (QED) is 0.704. The van der Waals surface area contributed by atoms with Crippen LogP contribution in [0.4, 0.5) is 0 Å². The number of hydrogen-bond donors (Lipinski definition) is 1. The van der Waals surface area contributed by atoms with Crippen molar-refractivity contribution in [3.8, 4) is 5.75 Å². The molecule has 0 spiro atoms. The summed E-state index contributed by atoms with van der Waals surface area (Å²) >= 11 is 0. The SMILES string of the molecule is COc1ccc([C@H]2C[C@@]3(C)C(=CC[C@]3(C)O)[C@@H]3CCC4=CC(=O)CC[C@@H]4[C@@H]23)cc1. The van der Waals surface area contributed by atoms with Crippen molar-refractivity contribution in [1.29, 1.82) is 0 Å². The molecule has 0 amide bonds. The molecule has 0 unspecified atom stereocenters. The molecule has 1 aromatic carbocycles. The van der Waals surface area contributed by atoms with Crippen LogP contribution in [0.1, 0.15) is 63.9 Å². The highest BCUT2D eigenvalue weighted by Gasteiger charge is 2.59. The second kappa shape index (κ2) is 6.57. The minimum atomic E-state index is -0.684. The number of ketones is 1. The van der Waals surface area contributed by atoms with Gasteiger partial charge in [-0.2, -0.15) is 0 Å². The Hall–Kier alpha value is -1.87. The van der Waals surface area contributed by atoms with Crippen molar-refractivity contribution >= 4 is 5.78 Å². The Labute approximate surface area is 173 Å². The van der Waals surface area contributed by atoms with Crippen molar-refractivity contribution in [2.45, 2.75) is 63.9 Å². The number of carbonyl (C=O) groups excluding carboxylic acids is 1. The van der Waals surface area contributed by atoms with Crippen LogP contribution in [0.3, 0.4) is 0 Å². The third-order valence-electron chi connectivity index (χ3n) is 8.78. The van der Waals surface area contributed by atoms with Crippen LogP contribution in [0.5, 0.6) is 5.75 Å². The number of aliphatic hydroxyl groups is 1. The van der Waals surface area contributed by atoms with Gasteiger partial charge in [-0.15, -0.1) is 0 Å². The molecule has 0 saturated heterocycles. The largest absolute Gasteiger partial charge is 0.497 e. The summed E-state index contributed by atoms with van der Waals surface area (Å²) in [7, 11) is 1.71. The molecule has 3 heteroatoms. The first kappa shape index (κ1) is 19.1. The van der Waals surface area contributed by atoms with Gasteiger partial charge < -0.3 is 9.84 Å². The van der Waals surface area contributed by atoms with Gasteiger partial charge in [0.15, 0.2) is 5.78 Å². The smallest absolute Gasteiger partial charge is 0.155 e. The lowest BCUT2D eigenvalue weighted by Crippen LogP contribution is -2.51. The molecule has 4 aliphatic rings. The van der Waals surface area contributed by atoms with E-state index in [-0.39, 0.29) is 5.41 Å². The zero-order chi connectivity index (χ0) is 20.4. The Morgan fingerprint density at radius 2 is 1.76 bits per heavy atom. The van der Waals surface area contributed by atoms with Gasteiger partial charge in [-0.3, -0.25) is 4.79 Å². The van der Waals surface area contributed by atoms with E-state index in [0.29, 0.717) is 35.9 Å². The number of methoxy groups -OCH3 is 1. The van der Waals surface area contributed by atoms with Crippen LogP contribution in [-0.4, -0.2) is 23.6 Å². The zero-order valence-corrected chi connectivity index (χ0v) is 17.8. The fourth-order valence-electron chi connectivity index (χ4n) is 7.02. The highest BCUT2D eigenvalue weighted by atomic mass is 16.5. The molecule has 5 rings (SSSR count). The van der Waals surface area contributed by atoms with Gasteiger partial charge in [0.1, 0.15) is 5.75 Å². The minimum absolute atomic E-state index is 0.176. The maximum atomic E-state index is 12.1. The summed E-state index contributed by atoms with van der Waals surface area (Å²) in [5.41, 5.74) is 3.37. The summed E-state index contributed by atoms with van der Waals surface area (Å²) in [5.74, 6) is 3.09. The van der Waals surface area contributed by atoms with Crippen molar-refractivity contribution < 1.29 is 14.6 Å². The maximum absolute atomic E-state index is 12.1. The van der Waals surface area contributed by atoms with E-state index in [9.17, 15) is 9.90 Å². The molecule has 0 heterocycles. The number of carbonyl (C=O) groups is 1. The molecule has 154 valence electrons. The van der Waals surface area contributed by atoms with Crippen molar-refractivity contribution in [2.75, 3.05) is 7.11 Å². The maximum Gasteiger partial charge on any atom is 0.155 e. The number of rotatable bonds is 2. The number of allylic oxidation sites excluding steroid dienone is 2. The Morgan fingerprint density at radius 3 is 2.48 bits per heavy atom. The second-order valence-electron chi connectivity index (χ2n) is 10.1. The highest BCUT2D eigenvalue weighted by Crippen LogP contribution is 2.66. The van der Waals surface area contributed by atoms with Gasteiger partial charge in [0.2, 0.25) is 0 Å². The third-order valence-corrected chi connectivity index (χ3v) is 8.78. The lowest BCUT2D eigenvalue weighted by Gasteiger charge is -2.56. The molecule has 0 aromatic heterocycles. The summed E-state index contributed by atoms with van der Waals surface area (Å²) in [6.07, 6.45) is 9.83. The summed E-state index contributed by atoms with van der Waals surface area (Å²) < 4.78 is 5.39. The topological polar surface area (TPSA) is 46.5 Å². The summed E-state index contributed by atoms with van der Waals surface area (Å²) in [6, 6.07) is 8.56. The Bertz CT molecular complexity index is 891. The normalized spacial score (nSPS) is 41.0. The average molecular weight is 393 g/mol. The molecular formula is C26H32O3. The van der Waals surface area contributed by atoms with E-state index in [1.807, 2.05) is 13.0 Å². The lowest BCUT2D eigenvalue weighted by molar-refractivity contribution is -0.115. The molecule has 3 nitrogen and oxygen atoms in total. The van der Waals surface area contributed by atoms with Gasteiger partial charge in [0.25, 0.3) is 0 Å². The van der Waals surface area contributed by atoms with Gasteiger partial charge in [0.05, 0.1) is 12.7 Å². The first-order valence-electron chi connectivity index (χ1n) is 11.1. The van der Waals surface area contributed by atoms with Crippen LogP contribution in [0.15, 0.2) is 47.6 Å². The van der Waals surface area contributed by atoms with Gasteiger partial charge in [-0.25, -0.2) is 0 Å². The van der Waals surface area contributed by atoms with E-state index < -0.39 is 5.60 Å². The summed E-state index contributed by atoms with van der Waals surface area (Å²) in [4.78, 5) is 12.1. The number of benzene rings is 1. The fraction of sp³-hybridized carbons (Fsp3) is 0.577. The monoisotopic (exact) mass is 392 g/mol. The molecule has 0 radical (unpaired) electrons. The molecule has 2 fully saturated rings. The molecule has 1 aromatic rings. The van der Waals surface area contributed by atoms with Crippen LogP contribution < -0.4 is 4.74 Å². The minimum Gasteiger partial charge on any atom is -0.497 e. The predicted octanol–water partition coefficient (Wildman–Crippen LogP) is 5.20. The lowest BCUT2D eigenvalue weighted by atomic mass is 9.48. The van der Waals surface area contributed by atoms with Gasteiger partial charge in [-0.05, 0) is 86.5 Å². The van der Waals surface area contributed by atoms with Crippen LogP contribution >= 0.6 is 0 Å². The fourth-order valence-corrected chi connectivity index (χ4v) is 7.02. The van der Waals surface area contributed by atoms with E-state index in [4.69, 9.17) is 4.74 Å². The number of ether oxygens (including phenoxy) is 1. The zero-order valence-electron chi connectivity index (χ0n) is 17.8. The van der Waals surface area contributed by atoms with Gasteiger partial charge in [-0.1, -0.05) is 36.3 Å². The predicted molar refractivity (Wildman–Crippen MR) is 114 cm³/mol.